The highest BCUT2D eigenvalue weighted by atomic mass is 32.1. The highest BCUT2D eigenvalue weighted by Gasteiger charge is 2.24. The third-order valence-corrected chi connectivity index (χ3v) is 5.84. The summed E-state index contributed by atoms with van der Waals surface area (Å²) in [6.45, 7) is 3.60. The molecule has 1 fully saturated rings. The molecule has 5 nitrogen and oxygen atoms in total. The van der Waals surface area contributed by atoms with Crippen LogP contribution in [0.1, 0.15) is 27.6 Å². The fourth-order valence-corrected chi connectivity index (χ4v) is 4.27. The van der Waals surface area contributed by atoms with Crippen molar-refractivity contribution in [2.75, 3.05) is 31.1 Å². The first-order chi connectivity index (χ1) is 13.4. The number of carbonyl (C=O) groups excluding carboxylic acids is 2. The Kier molecular flexibility index (Phi) is 4.80. The summed E-state index contributed by atoms with van der Waals surface area (Å²) >= 11 is 1.24. The van der Waals surface area contributed by atoms with Crippen molar-refractivity contribution in [3.05, 3.63) is 59.2 Å². The van der Waals surface area contributed by atoms with Gasteiger partial charge in [0, 0.05) is 43.4 Å². The van der Waals surface area contributed by atoms with Crippen LogP contribution in [0, 0.1) is 11.6 Å². The van der Waals surface area contributed by atoms with Gasteiger partial charge in [0.25, 0.3) is 5.91 Å². The van der Waals surface area contributed by atoms with Crippen LogP contribution in [0.3, 0.4) is 0 Å². The number of thiazole rings is 1. The van der Waals surface area contributed by atoms with Gasteiger partial charge < -0.3 is 9.80 Å². The molecule has 0 unspecified atom stereocenters. The summed E-state index contributed by atoms with van der Waals surface area (Å²) in [5.41, 5.74) is 1.28. The quantitative estimate of drug-likeness (QED) is 0.628. The Morgan fingerprint density at radius 3 is 2.29 bits per heavy atom. The van der Waals surface area contributed by atoms with Crippen molar-refractivity contribution in [2.24, 2.45) is 0 Å². The average molecular weight is 401 g/mol. The van der Waals surface area contributed by atoms with Gasteiger partial charge in [-0.1, -0.05) is 23.5 Å². The summed E-state index contributed by atoms with van der Waals surface area (Å²) < 4.78 is 27.7. The van der Waals surface area contributed by atoms with Crippen molar-refractivity contribution in [3.8, 4) is 0 Å². The lowest BCUT2D eigenvalue weighted by Gasteiger charge is -2.34. The Morgan fingerprint density at radius 1 is 1.00 bits per heavy atom. The lowest BCUT2D eigenvalue weighted by atomic mass is 10.1. The van der Waals surface area contributed by atoms with Gasteiger partial charge in [0.2, 0.25) is 0 Å². The Bertz CT molecular complexity index is 1060. The summed E-state index contributed by atoms with van der Waals surface area (Å²) in [7, 11) is 0. The third kappa shape index (κ3) is 3.47. The van der Waals surface area contributed by atoms with Crippen molar-refractivity contribution in [2.45, 2.75) is 6.92 Å². The lowest BCUT2D eigenvalue weighted by Crippen LogP contribution is -2.48. The predicted molar refractivity (Wildman–Crippen MR) is 104 cm³/mol. The minimum atomic E-state index is -0.666. The van der Waals surface area contributed by atoms with E-state index in [0.717, 1.165) is 6.07 Å². The van der Waals surface area contributed by atoms with Crippen molar-refractivity contribution in [3.63, 3.8) is 0 Å². The molecule has 8 heteroatoms. The normalized spacial score (nSPS) is 14.5. The Hall–Kier alpha value is -2.87. The van der Waals surface area contributed by atoms with Gasteiger partial charge in [-0.2, -0.15) is 0 Å². The molecule has 1 aliphatic rings. The smallest absolute Gasteiger partial charge is 0.253 e. The van der Waals surface area contributed by atoms with E-state index in [1.165, 1.54) is 24.3 Å². The highest BCUT2D eigenvalue weighted by molar-refractivity contribution is 7.22. The molecule has 144 valence electrons. The van der Waals surface area contributed by atoms with Gasteiger partial charge in [-0.15, -0.1) is 0 Å². The Morgan fingerprint density at radius 2 is 1.64 bits per heavy atom. The number of anilines is 1. The van der Waals surface area contributed by atoms with E-state index in [0.29, 0.717) is 47.1 Å². The molecule has 0 N–H and O–H groups in total. The number of Topliss-reactive ketones (excluding diaryl/α,β-unsaturated/α-hetero) is 1. The van der Waals surface area contributed by atoms with Crippen LogP contribution in [-0.4, -0.2) is 47.8 Å². The molecule has 3 aromatic rings. The largest absolute Gasteiger partial charge is 0.345 e. The number of aromatic nitrogens is 1. The summed E-state index contributed by atoms with van der Waals surface area (Å²) in [5, 5.41) is 0.623. The molecule has 4 rings (SSSR count). The van der Waals surface area contributed by atoms with E-state index >= 15 is 0 Å². The number of hydrogen-bond donors (Lipinski definition) is 0. The number of ketones is 1. The number of hydrogen-bond acceptors (Lipinski definition) is 5. The standard InChI is InChI=1S/C20H17F2N3O2S/c1-12(26)13-2-4-14(5-3-13)19(27)24-6-8-25(9-7-24)20-23-18-16(22)10-15(21)11-17(18)28-20/h2-5,10-11H,6-9H2,1H3. The van der Waals surface area contributed by atoms with E-state index in [1.807, 2.05) is 4.90 Å². The van der Waals surface area contributed by atoms with Crippen molar-refractivity contribution in [1.29, 1.82) is 0 Å². The van der Waals surface area contributed by atoms with Gasteiger partial charge in [0.1, 0.15) is 11.3 Å². The zero-order valence-electron chi connectivity index (χ0n) is 15.1. The van der Waals surface area contributed by atoms with Gasteiger partial charge in [0.15, 0.2) is 16.7 Å². The molecule has 0 bridgehead atoms. The summed E-state index contributed by atoms with van der Waals surface area (Å²) in [5.74, 6) is -1.42. The van der Waals surface area contributed by atoms with Crippen molar-refractivity contribution >= 4 is 38.4 Å². The van der Waals surface area contributed by atoms with Gasteiger partial charge in [-0.25, -0.2) is 13.8 Å². The van der Waals surface area contributed by atoms with Gasteiger partial charge in [-0.05, 0) is 25.1 Å². The molecule has 28 heavy (non-hydrogen) atoms. The molecule has 0 radical (unpaired) electrons. The maximum absolute atomic E-state index is 13.9. The molecule has 1 amide bonds. The summed E-state index contributed by atoms with van der Waals surface area (Å²) in [4.78, 5) is 32.0. The first kappa shape index (κ1) is 18.5. The van der Waals surface area contributed by atoms with Gasteiger partial charge in [-0.3, -0.25) is 9.59 Å². The Labute approximate surface area is 164 Å². The van der Waals surface area contributed by atoms with Crippen LogP contribution in [0.25, 0.3) is 10.2 Å². The second-order valence-corrected chi connectivity index (χ2v) is 7.65. The highest BCUT2D eigenvalue weighted by Crippen LogP contribution is 2.31. The van der Waals surface area contributed by atoms with E-state index in [-0.39, 0.29) is 17.2 Å². The predicted octanol–water partition coefficient (Wildman–Crippen LogP) is 3.74. The van der Waals surface area contributed by atoms with Crippen LogP contribution in [0.15, 0.2) is 36.4 Å². The molecule has 0 atom stereocenters. The van der Waals surface area contributed by atoms with Crippen LogP contribution >= 0.6 is 11.3 Å². The maximum atomic E-state index is 13.9. The maximum Gasteiger partial charge on any atom is 0.253 e. The molecule has 2 heterocycles. The molecule has 0 spiro atoms. The number of piperazine rings is 1. The second kappa shape index (κ2) is 7.27. The summed E-state index contributed by atoms with van der Waals surface area (Å²) in [6.07, 6.45) is 0. The number of amides is 1. The molecular weight excluding hydrogens is 384 g/mol. The zero-order valence-corrected chi connectivity index (χ0v) is 15.9. The number of rotatable bonds is 3. The van der Waals surface area contributed by atoms with E-state index in [9.17, 15) is 18.4 Å². The average Bonchev–Trinajstić information content (AvgIpc) is 3.12. The third-order valence-electron chi connectivity index (χ3n) is 4.78. The van der Waals surface area contributed by atoms with E-state index < -0.39 is 11.6 Å². The number of halogens is 2. The first-order valence-electron chi connectivity index (χ1n) is 8.83. The van der Waals surface area contributed by atoms with Gasteiger partial charge in [0.05, 0.1) is 4.70 Å². The summed E-state index contributed by atoms with van der Waals surface area (Å²) in [6, 6.07) is 8.75. The SMILES string of the molecule is CC(=O)c1ccc(C(=O)N2CCN(c3nc4c(F)cc(F)cc4s3)CC2)cc1. The van der Waals surface area contributed by atoms with E-state index in [1.54, 1.807) is 29.2 Å². The number of benzene rings is 2. The molecule has 0 saturated carbocycles. The van der Waals surface area contributed by atoms with Crippen LogP contribution in [0.2, 0.25) is 0 Å². The lowest BCUT2D eigenvalue weighted by molar-refractivity contribution is 0.0746. The monoisotopic (exact) mass is 401 g/mol. The molecule has 1 saturated heterocycles. The molecular formula is C20H17F2N3O2S. The van der Waals surface area contributed by atoms with Crippen LogP contribution in [-0.2, 0) is 0 Å². The number of carbonyl (C=O) groups is 2. The Balaban J connectivity index is 1.45. The van der Waals surface area contributed by atoms with Crippen molar-refractivity contribution < 1.29 is 18.4 Å². The first-order valence-corrected chi connectivity index (χ1v) is 9.65. The van der Waals surface area contributed by atoms with Crippen molar-refractivity contribution in [1.82, 2.24) is 9.88 Å². The van der Waals surface area contributed by atoms with Crippen LogP contribution < -0.4 is 4.90 Å². The van der Waals surface area contributed by atoms with Crippen LogP contribution in [0.5, 0.6) is 0 Å². The topological polar surface area (TPSA) is 53.5 Å². The van der Waals surface area contributed by atoms with E-state index in [4.69, 9.17) is 0 Å². The molecule has 2 aromatic carbocycles. The van der Waals surface area contributed by atoms with Gasteiger partial charge >= 0.3 is 0 Å². The molecule has 1 aromatic heterocycles. The molecule has 0 aliphatic carbocycles. The second-order valence-electron chi connectivity index (χ2n) is 6.64. The fraction of sp³-hybridized carbons (Fsp3) is 0.250. The fourth-order valence-electron chi connectivity index (χ4n) is 3.21. The minimum absolute atomic E-state index is 0.0419. The number of fused-ring (bicyclic) bond motifs is 1. The van der Waals surface area contributed by atoms with E-state index in [2.05, 4.69) is 4.98 Å². The minimum Gasteiger partial charge on any atom is -0.345 e. The zero-order chi connectivity index (χ0) is 19.8. The number of nitrogens with zero attached hydrogens (tertiary/aromatic N) is 3. The molecule has 1 aliphatic heterocycles. The van der Waals surface area contributed by atoms with Crippen LogP contribution in [0.4, 0.5) is 13.9 Å².